The SMILES string of the molecule is CCOC(=O)CCCCCNC(=O)/C=C/c1ccc(C(C)C)cc1. The Kier molecular flexibility index (Phi) is 9.51. The van der Waals surface area contributed by atoms with Crippen molar-refractivity contribution in [2.75, 3.05) is 13.2 Å². The number of hydrogen-bond acceptors (Lipinski definition) is 3. The Hall–Kier alpha value is -2.10. The summed E-state index contributed by atoms with van der Waals surface area (Å²) in [6.07, 6.45) is 6.39. The van der Waals surface area contributed by atoms with Gasteiger partial charge in [-0.2, -0.15) is 0 Å². The zero-order valence-corrected chi connectivity index (χ0v) is 15.0. The molecule has 132 valence electrons. The third-order valence-electron chi connectivity index (χ3n) is 3.69. The van der Waals surface area contributed by atoms with Crippen LogP contribution in [0, 0.1) is 0 Å². The lowest BCUT2D eigenvalue weighted by molar-refractivity contribution is -0.143. The van der Waals surface area contributed by atoms with E-state index in [9.17, 15) is 9.59 Å². The van der Waals surface area contributed by atoms with Crippen LogP contribution in [0.4, 0.5) is 0 Å². The minimum atomic E-state index is -0.145. The van der Waals surface area contributed by atoms with Crippen molar-refractivity contribution in [1.82, 2.24) is 5.32 Å². The summed E-state index contributed by atoms with van der Waals surface area (Å²) in [4.78, 5) is 22.9. The maximum absolute atomic E-state index is 11.7. The van der Waals surface area contributed by atoms with Gasteiger partial charge in [-0.3, -0.25) is 9.59 Å². The van der Waals surface area contributed by atoms with Gasteiger partial charge in [0, 0.05) is 19.0 Å². The van der Waals surface area contributed by atoms with Crippen LogP contribution in [0.1, 0.15) is 63.5 Å². The molecule has 0 atom stereocenters. The Balaban J connectivity index is 2.18. The van der Waals surface area contributed by atoms with Crippen molar-refractivity contribution in [3.63, 3.8) is 0 Å². The van der Waals surface area contributed by atoms with Crippen LogP contribution in [0.25, 0.3) is 6.08 Å². The Morgan fingerprint density at radius 2 is 1.83 bits per heavy atom. The lowest BCUT2D eigenvalue weighted by Crippen LogP contribution is -2.22. The molecule has 1 aromatic rings. The highest BCUT2D eigenvalue weighted by Gasteiger charge is 2.01. The third-order valence-corrected chi connectivity index (χ3v) is 3.69. The molecule has 0 unspecified atom stereocenters. The molecule has 1 aromatic carbocycles. The number of unbranched alkanes of at least 4 members (excludes halogenated alkanes) is 2. The maximum atomic E-state index is 11.7. The molecule has 24 heavy (non-hydrogen) atoms. The van der Waals surface area contributed by atoms with Gasteiger partial charge in [-0.15, -0.1) is 0 Å². The van der Waals surface area contributed by atoms with Crippen LogP contribution >= 0.6 is 0 Å². The molecule has 1 N–H and O–H groups in total. The quantitative estimate of drug-likeness (QED) is 0.399. The standard InChI is InChI=1S/C20H29NO3/c1-4-24-20(23)8-6-5-7-15-21-19(22)14-11-17-9-12-18(13-10-17)16(2)3/h9-14,16H,4-8,15H2,1-3H3,(H,21,22)/b14-11+. The van der Waals surface area contributed by atoms with Crippen molar-refractivity contribution in [2.45, 2.75) is 52.4 Å². The summed E-state index contributed by atoms with van der Waals surface area (Å²) in [6.45, 7) is 7.18. The molecular formula is C20H29NO3. The first-order valence-corrected chi connectivity index (χ1v) is 8.74. The van der Waals surface area contributed by atoms with Crippen LogP contribution in [0.5, 0.6) is 0 Å². The largest absolute Gasteiger partial charge is 0.466 e. The van der Waals surface area contributed by atoms with E-state index < -0.39 is 0 Å². The van der Waals surface area contributed by atoms with Crippen molar-refractivity contribution in [3.05, 3.63) is 41.5 Å². The first kappa shape index (κ1) is 19.9. The first-order chi connectivity index (χ1) is 11.5. The minimum absolute atomic E-state index is 0.0895. The molecule has 0 spiro atoms. The van der Waals surface area contributed by atoms with Crippen LogP contribution in [0.2, 0.25) is 0 Å². The van der Waals surface area contributed by atoms with Gasteiger partial charge in [-0.25, -0.2) is 0 Å². The van der Waals surface area contributed by atoms with E-state index in [1.807, 2.05) is 18.2 Å². The number of ether oxygens (including phenoxy) is 1. The fourth-order valence-electron chi connectivity index (χ4n) is 2.24. The van der Waals surface area contributed by atoms with E-state index in [-0.39, 0.29) is 11.9 Å². The van der Waals surface area contributed by atoms with Gasteiger partial charge in [-0.1, -0.05) is 44.5 Å². The molecular weight excluding hydrogens is 302 g/mol. The molecule has 0 aliphatic carbocycles. The van der Waals surface area contributed by atoms with Crippen molar-refractivity contribution < 1.29 is 14.3 Å². The van der Waals surface area contributed by atoms with Crippen LogP contribution in [0.3, 0.4) is 0 Å². The Bertz CT molecular complexity index is 532. The van der Waals surface area contributed by atoms with Crippen LogP contribution in [0.15, 0.2) is 30.3 Å². The summed E-state index contributed by atoms with van der Waals surface area (Å²) >= 11 is 0. The number of carbonyl (C=O) groups excluding carboxylic acids is 2. The van der Waals surface area contributed by atoms with Gasteiger partial charge in [0.1, 0.15) is 0 Å². The molecule has 0 saturated carbocycles. The third kappa shape index (κ3) is 8.51. The second kappa shape index (κ2) is 11.4. The fraction of sp³-hybridized carbons (Fsp3) is 0.500. The Labute approximate surface area is 145 Å². The zero-order chi connectivity index (χ0) is 17.8. The van der Waals surface area contributed by atoms with Gasteiger partial charge < -0.3 is 10.1 Å². The van der Waals surface area contributed by atoms with Crippen molar-refractivity contribution >= 4 is 18.0 Å². The smallest absolute Gasteiger partial charge is 0.305 e. The predicted octanol–water partition coefficient (Wildman–Crippen LogP) is 4.06. The summed E-state index contributed by atoms with van der Waals surface area (Å²) in [5, 5.41) is 2.85. The van der Waals surface area contributed by atoms with Gasteiger partial charge in [0.15, 0.2) is 0 Å². The fourth-order valence-corrected chi connectivity index (χ4v) is 2.24. The summed E-state index contributed by atoms with van der Waals surface area (Å²) < 4.78 is 4.86. The second-order valence-corrected chi connectivity index (χ2v) is 6.06. The van der Waals surface area contributed by atoms with Gasteiger partial charge in [0.05, 0.1) is 6.61 Å². The molecule has 0 radical (unpaired) electrons. The summed E-state index contributed by atoms with van der Waals surface area (Å²) in [6, 6.07) is 8.22. The molecule has 0 heterocycles. The van der Waals surface area contributed by atoms with E-state index in [1.165, 1.54) is 5.56 Å². The van der Waals surface area contributed by atoms with Gasteiger partial charge in [0.2, 0.25) is 5.91 Å². The molecule has 1 amide bonds. The summed E-state index contributed by atoms with van der Waals surface area (Å²) in [5.74, 6) is 0.274. The second-order valence-electron chi connectivity index (χ2n) is 6.06. The topological polar surface area (TPSA) is 55.4 Å². The number of amides is 1. The van der Waals surface area contributed by atoms with Crippen LogP contribution < -0.4 is 5.32 Å². The monoisotopic (exact) mass is 331 g/mol. The highest BCUT2D eigenvalue weighted by Crippen LogP contribution is 2.15. The van der Waals surface area contributed by atoms with E-state index in [2.05, 4.69) is 31.3 Å². The van der Waals surface area contributed by atoms with Gasteiger partial charge in [-0.05, 0) is 42.9 Å². The first-order valence-electron chi connectivity index (χ1n) is 8.74. The molecule has 0 saturated heterocycles. The Morgan fingerprint density at radius 1 is 1.12 bits per heavy atom. The number of hydrogen-bond donors (Lipinski definition) is 1. The molecule has 0 aromatic heterocycles. The van der Waals surface area contributed by atoms with Crippen LogP contribution in [-0.2, 0) is 14.3 Å². The molecule has 0 bridgehead atoms. The van der Waals surface area contributed by atoms with Crippen molar-refractivity contribution in [2.24, 2.45) is 0 Å². The summed E-state index contributed by atoms with van der Waals surface area (Å²) in [7, 11) is 0. The molecule has 0 aliphatic rings. The summed E-state index contributed by atoms with van der Waals surface area (Å²) in [5.41, 5.74) is 2.31. The molecule has 1 rings (SSSR count). The average molecular weight is 331 g/mol. The highest BCUT2D eigenvalue weighted by molar-refractivity contribution is 5.91. The number of nitrogens with one attached hydrogen (secondary N) is 1. The number of rotatable bonds is 10. The minimum Gasteiger partial charge on any atom is -0.466 e. The highest BCUT2D eigenvalue weighted by atomic mass is 16.5. The normalized spacial score (nSPS) is 11.0. The zero-order valence-electron chi connectivity index (χ0n) is 15.0. The van der Waals surface area contributed by atoms with E-state index >= 15 is 0 Å². The molecule has 0 aliphatic heterocycles. The number of benzene rings is 1. The molecule has 4 nitrogen and oxygen atoms in total. The van der Waals surface area contributed by atoms with E-state index in [0.717, 1.165) is 24.8 Å². The van der Waals surface area contributed by atoms with Gasteiger partial charge in [0.25, 0.3) is 0 Å². The van der Waals surface area contributed by atoms with Crippen LogP contribution in [-0.4, -0.2) is 25.0 Å². The van der Waals surface area contributed by atoms with E-state index in [1.54, 1.807) is 13.0 Å². The maximum Gasteiger partial charge on any atom is 0.305 e. The van der Waals surface area contributed by atoms with Crippen molar-refractivity contribution in [3.8, 4) is 0 Å². The number of esters is 1. The molecule has 4 heteroatoms. The molecule has 0 fully saturated rings. The van der Waals surface area contributed by atoms with E-state index in [4.69, 9.17) is 4.74 Å². The number of carbonyl (C=O) groups is 2. The van der Waals surface area contributed by atoms with Gasteiger partial charge >= 0.3 is 5.97 Å². The lowest BCUT2D eigenvalue weighted by atomic mass is 10.0. The van der Waals surface area contributed by atoms with Crippen molar-refractivity contribution in [1.29, 1.82) is 0 Å². The van der Waals surface area contributed by atoms with E-state index in [0.29, 0.717) is 25.5 Å². The lowest BCUT2D eigenvalue weighted by Gasteiger charge is -2.05. The Morgan fingerprint density at radius 3 is 2.46 bits per heavy atom. The predicted molar refractivity (Wildman–Crippen MR) is 97.7 cm³/mol. The average Bonchev–Trinajstić information content (AvgIpc) is 2.56.